The van der Waals surface area contributed by atoms with Crippen LogP contribution >= 0.6 is 31.9 Å². The van der Waals surface area contributed by atoms with Crippen LogP contribution in [0.2, 0.25) is 0 Å². The molecule has 0 radical (unpaired) electrons. The van der Waals surface area contributed by atoms with E-state index in [2.05, 4.69) is 57.8 Å². The van der Waals surface area contributed by atoms with Crippen LogP contribution < -0.4 is 5.73 Å². The molecule has 0 saturated carbocycles. The molecule has 1 rings (SSSR count). The maximum Gasteiger partial charge on any atom is 0.0295 e. The molecule has 0 aliphatic rings. The number of nitrogens with two attached hydrogens (primary N) is 1. The first kappa shape index (κ1) is 13.2. The third-order valence-corrected chi connectivity index (χ3v) is 3.28. The standard InChI is InChI=1S/C12H17Br2N/c1-8(2)3-4-12(15)9-5-10(13)7-11(14)6-9/h5-8,12H,3-4,15H2,1-2H3. The van der Waals surface area contributed by atoms with Gasteiger partial charge in [-0.3, -0.25) is 0 Å². The highest BCUT2D eigenvalue weighted by Gasteiger charge is 2.08. The molecule has 0 aliphatic heterocycles. The molecule has 0 aliphatic carbocycles. The highest BCUT2D eigenvalue weighted by atomic mass is 79.9. The number of benzene rings is 1. The van der Waals surface area contributed by atoms with Crippen molar-refractivity contribution >= 4 is 31.9 Å². The van der Waals surface area contributed by atoms with Crippen LogP contribution in [0.1, 0.15) is 38.3 Å². The molecule has 0 fully saturated rings. The van der Waals surface area contributed by atoms with E-state index in [4.69, 9.17) is 5.73 Å². The zero-order valence-electron chi connectivity index (χ0n) is 9.13. The van der Waals surface area contributed by atoms with E-state index in [1.165, 1.54) is 12.0 Å². The molecule has 15 heavy (non-hydrogen) atoms. The molecule has 0 spiro atoms. The summed E-state index contributed by atoms with van der Waals surface area (Å²) in [6, 6.07) is 6.35. The van der Waals surface area contributed by atoms with Crippen molar-refractivity contribution in [3.8, 4) is 0 Å². The summed E-state index contributed by atoms with van der Waals surface area (Å²) in [4.78, 5) is 0. The summed E-state index contributed by atoms with van der Waals surface area (Å²) >= 11 is 6.95. The smallest absolute Gasteiger partial charge is 0.0295 e. The molecular formula is C12H17Br2N. The number of hydrogen-bond donors (Lipinski definition) is 1. The molecule has 1 unspecified atom stereocenters. The average molecular weight is 335 g/mol. The van der Waals surface area contributed by atoms with Gasteiger partial charge in [-0.05, 0) is 42.5 Å². The van der Waals surface area contributed by atoms with E-state index in [1.807, 2.05) is 6.07 Å². The Kier molecular flexibility index (Phi) is 5.30. The Morgan fingerprint density at radius 2 is 1.60 bits per heavy atom. The van der Waals surface area contributed by atoms with E-state index in [0.717, 1.165) is 15.4 Å². The van der Waals surface area contributed by atoms with Crippen LogP contribution in [-0.4, -0.2) is 0 Å². The summed E-state index contributed by atoms with van der Waals surface area (Å²) in [5, 5.41) is 0. The largest absolute Gasteiger partial charge is 0.324 e. The lowest BCUT2D eigenvalue weighted by Gasteiger charge is -2.14. The minimum atomic E-state index is 0.140. The predicted octanol–water partition coefficient (Wildman–Crippen LogP) is 4.65. The Morgan fingerprint density at radius 3 is 2.07 bits per heavy atom. The van der Waals surface area contributed by atoms with E-state index >= 15 is 0 Å². The van der Waals surface area contributed by atoms with Gasteiger partial charge in [0, 0.05) is 15.0 Å². The summed E-state index contributed by atoms with van der Waals surface area (Å²) < 4.78 is 2.15. The molecule has 1 aromatic rings. The van der Waals surface area contributed by atoms with Crippen LogP contribution in [0.4, 0.5) is 0 Å². The summed E-state index contributed by atoms with van der Waals surface area (Å²) in [5.74, 6) is 0.714. The summed E-state index contributed by atoms with van der Waals surface area (Å²) in [7, 11) is 0. The number of rotatable bonds is 4. The van der Waals surface area contributed by atoms with Crippen molar-refractivity contribution < 1.29 is 0 Å². The highest BCUT2D eigenvalue weighted by Crippen LogP contribution is 2.26. The van der Waals surface area contributed by atoms with Crippen molar-refractivity contribution in [1.29, 1.82) is 0 Å². The Hall–Kier alpha value is 0.140. The van der Waals surface area contributed by atoms with Crippen molar-refractivity contribution in [1.82, 2.24) is 0 Å². The van der Waals surface area contributed by atoms with Gasteiger partial charge < -0.3 is 5.73 Å². The fourth-order valence-corrected chi connectivity index (χ4v) is 2.80. The first-order chi connectivity index (χ1) is 6.99. The van der Waals surface area contributed by atoms with E-state index in [9.17, 15) is 0 Å². The Bertz CT molecular complexity index is 303. The van der Waals surface area contributed by atoms with Gasteiger partial charge in [0.1, 0.15) is 0 Å². The third-order valence-electron chi connectivity index (χ3n) is 2.37. The molecule has 84 valence electrons. The van der Waals surface area contributed by atoms with Crippen molar-refractivity contribution in [2.45, 2.75) is 32.7 Å². The second-order valence-corrected chi connectivity index (χ2v) is 6.11. The van der Waals surface area contributed by atoms with E-state index in [0.29, 0.717) is 5.92 Å². The van der Waals surface area contributed by atoms with Gasteiger partial charge in [-0.15, -0.1) is 0 Å². The van der Waals surface area contributed by atoms with Gasteiger partial charge in [0.2, 0.25) is 0 Å². The molecule has 0 amide bonds. The van der Waals surface area contributed by atoms with Gasteiger partial charge in [-0.25, -0.2) is 0 Å². The van der Waals surface area contributed by atoms with Crippen molar-refractivity contribution in [2.24, 2.45) is 11.7 Å². The molecular weight excluding hydrogens is 318 g/mol. The maximum absolute atomic E-state index is 6.14. The normalized spacial score (nSPS) is 13.2. The second-order valence-electron chi connectivity index (χ2n) is 4.28. The van der Waals surface area contributed by atoms with Gasteiger partial charge in [0.15, 0.2) is 0 Å². The van der Waals surface area contributed by atoms with E-state index in [-0.39, 0.29) is 6.04 Å². The molecule has 0 saturated heterocycles. The lowest BCUT2D eigenvalue weighted by molar-refractivity contribution is 0.507. The van der Waals surface area contributed by atoms with Crippen molar-refractivity contribution in [3.63, 3.8) is 0 Å². The second kappa shape index (κ2) is 6.02. The quantitative estimate of drug-likeness (QED) is 0.852. The highest BCUT2D eigenvalue weighted by molar-refractivity contribution is 9.11. The van der Waals surface area contributed by atoms with Crippen molar-refractivity contribution in [2.75, 3.05) is 0 Å². The first-order valence-electron chi connectivity index (χ1n) is 5.20. The lowest BCUT2D eigenvalue weighted by Crippen LogP contribution is -2.11. The van der Waals surface area contributed by atoms with Crippen LogP contribution in [-0.2, 0) is 0 Å². The Labute approximate surface area is 109 Å². The Morgan fingerprint density at radius 1 is 1.07 bits per heavy atom. The molecule has 1 aromatic carbocycles. The molecule has 2 N–H and O–H groups in total. The van der Waals surface area contributed by atoms with Crippen molar-refractivity contribution in [3.05, 3.63) is 32.7 Å². The van der Waals surface area contributed by atoms with Crippen LogP contribution in [0, 0.1) is 5.92 Å². The van der Waals surface area contributed by atoms with Crippen LogP contribution in [0.15, 0.2) is 27.1 Å². The maximum atomic E-state index is 6.14. The average Bonchev–Trinajstić information content (AvgIpc) is 2.12. The van der Waals surface area contributed by atoms with Gasteiger partial charge in [-0.2, -0.15) is 0 Å². The lowest BCUT2D eigenvalue weighted by atomic mass is 9.98. The molecule has 3 heteroatoms. The fraction of sp³-hybridized carbons (Fsp3) is 0.500. The molecule has 0 bridgehead atoms. The molecule has 0 aromatic heterocycles. The van der Waals surface area contributed by atoms with E-state index < -0.39 is 0 Å². The summed E-state index contributed by atoms with van der Waals surface area (Å²) in [5.41, 5.74) is 7.33. The monoisotopic (exact) mass is 333 g/mol. The van der Waals surface area contributed by atoms with Crippen LogP contribution in [0.25, 0.3) is 0 Å². The number of hydrogen-bond acceptors (Lipinski definition) is 1. The van der Waals surface area contributed by atoms with Gasteiger partial charge in [-0.1, -0.05) is 45.7 Å². The topological polar surface area (TPSA) is 26.0 Å². The summed E-state index contributed by atoms with van der Waals surface area (Å²) in [6.45, 7) is 4.45. The third kappa shape index (κ3) is 4.66. The van der Waals surface area contributed by atoms with E-state index in [1.54, 1.807) is 0 Å². The Balaban J connectivity index is 2.68. The minimum absolute atomic E-state index is 0.140. The molecule has 1 nitrogen and oxygen atoms in total. The minimum Gasteiger partial charge on any atom is -0.324 e. The molecule has 1 atom stereocenters. The van der Waals surface area contributed by atoms with Gasteiger partial charge in [0.05, 0.1) is 0 Å². The predicted molar refractivity (Wildman–Crippen MR) is 72.8 cm³/mol. The van der Waals surface area contributed by atoms with Crippen LogP contribution in [0.5, 0.6) is 0 Å². The first-order valence-corrected chi connectivity index (χ1v) is 6.79. The zero-order valence-corrected chi connectivity index (χ0v) is 12.3. The van der Waals surface area contributed by atoms with Gasteiger partial charge in [0.25, 0.3) is 0 Å². The van der Waals surface area contributed by atoms with Gasteiger partial charge >= 0.3 is 0 Å². The fourth-order valence-electron chi connectivity index (χ4n) is 1.47. The van der Waals surface area contributed by atoms with Crippen LogP contribution in [0.3, 0.4) is 0 Å². The zero-order chi connectivity index (χ0) is 11.4. The molecule has 0 heterocycles. The SMILES string of the molecule is CC(C)CCC(N)c1cc(Br)cc(Br)c1. The summed E-state index contributed by atoms with van der Waals surface area (Å²) in [6.07, 6.45) is 2.21. The number of halogens is 2.